The number of ether oxygens (including phenoxy) is 1. The van der Waals surface area contributed by atoms with Gasteiger partial charge in [0.2, 0.25) is 5.91 Å². The molecule has 1 amide bonds. The van der Waals surface area contributed by atoms with Crippen molar-refractivity contribution < 1.29 is 32.6 Å². The van der Waals surface area contributed by atoms with Crippen LogP contribution in [-0.2, 0) is 34.5 Å². The number of morpholine rings is 1. The zero-order valence-corrected chi connectivity index (χ0v) is 20.0. The first kappa shape index (κ1) is 26.1. The lowest BCUT2D eigenvalue weighted by Gasteiger charge is -2.51. The van der Waals surface area contributed by atoms with E-state index in [1.807, 2.05) is 35.1 Å². The summed E-state index contributed by atoms with van der Waals surface area (Å²) >= 11 is 1.63. The largest absolute Gasteiger partial charge is 0.490 e. The number of aromatic nitrogens is 3. The van der Waals surface area contributed by atoms with Crippen molar-refractivity contribution >= 4 is 23.2 Å². The Morgan fingerprint density at radius 1 is 1.32 bits per heavy atom. The summed E-state index contributed by atoms with van der Waals surface area (Å²) in [5.41, 5.74) is 1.97. The summed E-state index contributed by atoms with van der Waals surface area (Å²) in [7, 11) is 1.95. The van der Waals surface area contributed by atoms with Crippen LogP contribution in [0.2, 0.25) is 0 Å². The van der Waals surface area contributed by atoms with E-state index in [-0.39, 0.29) is 24.2 Å². The Kier molecular flexibility index (Phi) is 7.98. The molecule has 13 heteroatoms. The van der Waals surface area contributed by atoms with Crippen molar-refractivity contribution in [2.45, 2.75) is 57.6 Å². The first-order valence-electron chi connectivity index (χ1n) is 10.7. The van der Waals surface area contributed by atoms with Crippen LogP contribution in [-0.4, -0.2) is 79.1 Å². The molecule has 2 aromatic heterocycles. The molecule has 2 aliphatic heterocycles. The molecular formula is C21H28F3N5O4S. The average Bonchev–Trinajstić information content (AvgIpc) is 3.37. The van der Waals surface area contributed by atoms with E-state index in [9.17, 15) is 18.0 Å². The second kappa shape index (κ2) is 10.4. The fourth-order valence-electron chi connectivity index (χ4n) is 4.25. The van der Waals surface area contributed by atoms with E-state index in [1.54, 1.807) is 11.3 Å². The summed E-state index contributed by atoms with van der Waals surface area (Å²) in [6.45, 7) is 7.74. The zero-order valence-electron chi connectivity index (χ0n) is 19.2. The summed E-state index contributed by atoms with van der Waals surface area (Å²) in [4.78, 5) is 30.4. The second-order valence-corrected chi connectivity index (χ2v) is 9.57. The number of thiazole rings is 1. The van der Waals surface area contributed by atoms with E-state index in [1.165, 1.54) is 5.56 Å². The van der Waals surface area contributed by atoms with Gasteiger partial charge in [0.15, 0.2) is 0 Å². The Bertz CT molecular complexity index is 1000. The molecule has 2 saturated heterocycles. The molecule has 1 spiro atoms. The van der Waals surface area contributed by atoms with Crippen molar-refractivity contribution in [2.24, 2.45) is 7.05 Å². The number of likely N-dealkylation sites (tertiary alicyclic amines) is 1. The predicted octanol–water partition coefficient (Wildman–Crippen LogP) is 2.60. The molecule has 4 rings (SSSR count). The first-order chi connectivity index (χ1) is 15.9. The van der Waals surface area contributed by atoms with Crippen LogP contribution in [0.15, 0.2) is 17.8 Å². The lowest BCUT2D eigenvalue weighted by atomic mass is 9.82. The van der Waals surface area contributed by atoms with Crippen molar-refractivity contribution in [3.8, 4) is 0 Å². The van der Waals surface area contributed by atoms with Crippen molar-refractivity contribution in [1.82, 2.24) is 24.6 Å². The molecule has 2 fully saturated rings. The molecule has 2 aliphatic rings. The highest BCUT2D eigenvalue weighted by atomic mass is 32.1. The molecule has 34 heavy (non-hydrogen) atoms. The minimum absolute atomic E-state index is 0.0568. The molecule has 4 heterocycles. The molecular weight excluding hydrogens is 475 g/mol. The van der Waals surface area contributed by atoms with Crippen LogP contribution in [0.4, 0.5) is 13.2 Å². The lowest BCUT2D eigenvalue weighted by molar-refractivity contribution is -0.192. The Hall–Kier alpha value is -2.51. The lowest BCUT2D eigenvalue weighted by Crippen LogP contribution is -2.63. The third-order valence-corrected chi connectivity index (χ3v) is 6.96. The fourth-order valence-corrected chi connectivity index (χ4v) is 4.86. The van der Waals surface area contributed by atoms with Gasteiger partial charge in [0, 0.05) is 43.8 Å². The van der Waals surface area contributed by atoms with Crippen LogP contribution in [0.1, 0.15) is 36.0 Å². The highest BCUT2D eigenvalue weighted by Crippen LogP contribution is 2.36. The summed E-state index contributed by atoms with van der Waals surface area (Å²) < 4.78 is 39.7. The minimum Gasteiger partial charge on any atom is -0.475 e. The highest BCUT2D eigenvalue weighted by molar-refractivity contribution is 7.09. The molecule has 188 valence electrons. The van der Waals surface area contributed by atoms with Gasteiger partial charge in [-0.3, -0.25) is 14.4 Å². The van der Waals surface area contributed by atoms with Gasteiger partial charge in [-0.25, -0.2) is 9.78 Å². The number of carboxylic acid groups (broad SMARTS) is 1. The molecule has 9 nitrogen and oxygen atoms in total. The maximum atomic E-state index is 12.5. The number of carbonyl (C=O) groups is 2. The van der Waals surface area contributed by atoms with Gasteiger partial charge in [0.05, 0.1) is 35.1 Å². The van der Waals surface area contributed by atoms with Gasteiger partial charge in [0.25, 0.3) is 0 Å². The second-order valence-electron chi connectivity index (χ2n) is 8.51. The van der Waals surface area contributed by atoms with E-state index in [4.69, 9.17) is 14.6 Å². The molecule has 0 aliphatic carbocycles. The van der Waals surface area contributed by atoms with Crippen LogP contribution in [0.3, 0.4) is 0 Å². The predicted molar refractivity (Wildman–Crippen MR) is 117 cm³/mol. The number of halogens is 3. The topological polar surface area (TPSA) is 101 Å². The number of hydrogen-bond donors (Lipinski definition) is 1. The standard InChI is InChI=1S/C19H27N5O2S.C2HF3O2/c1-14-19(4-6-23(7-5-19)10-16-8-20-22(3)9-16)26-12-18(25)24(14)11-17-13-27-15(2)21-17;3-2(4,5)1(6)7/h8-9,13-14H,4-7,10-12H2,1-3H3;(H,6,7). The molecule has 0 radical (unpaired) electrons. The SMILES string of the molecule is Cc1nc(CN2C(=O)COC3(CCN(Cc4cnn(C)c4)CC3)C2C)cs1.O=C(O)C(F)(F)F. The Morgan fingerprint density at radius 3 is 2.47 bits per heavy atom. The number of aryl methyl sites for hydroxylation is 2. The maximum absolute atomic E-state index is 12.5. The van der Waals surface area contributed by atoms with Crippen LogP contribution in [0.25, 0.3) is 0 Å². The van der Waals surface area contributed by atoms with E-state index in [0.717, 1.165) is 43.2 Å². The van der Waals surface area contributed by atoms with Gasteiger partial charge in [-0.05, 0) is 26.7 Å². The van der Waals surface area contributed by atoms with E-state index in [0.29, 0.717) is 6.54 Å². The Morgan fingerprint density at radius 2 is 1.97 bits per heavy atom. The fraction of sp³-hybridized carbons (Fsp3) is 0.619. The van der Waals surface area contributed by atoms with Gasteiger partial charge < -0.3 is 14.7 Å². The number of hydrogen-bond acceptors (Lipinski definition) is 7. The van der Waals surface area contributed by atoms with Crippen LogP contribution in [0, 0.1) is 6.92 Å². The number of alkyl halides is 3. The van der Waals surface area contributed by atoms with Crippen molar-refractivity contribution in [3.05, 3.63) is 34.0 Å². The third-order valence-electron chi connectivity index (χ3n) is 6.14. The first-order valence-corrected chi connectivity index (χ1v) is 11.6. The van der Waals surface area contributed by atoms with E-state index < -0.39 is 12.1 Å². The van der Waals surface area contributed by atoms with E-state index >= 15 is 0 Å². The monoisotopic (exact) mass is 503 g/mol. The quantitative estimate of drug-likeness (QED) is 0.685. The van der Waals surface area contributed by atoms with Gasteiger partial charge in [-0.2, -0.15) is 18.3 Å². The number of carboxylic acids is 1. The Labute approximate surface area is 199 Å². The molecule has 0 aromatic carbocycles. The number of piperidine rings is 1. The minimum atomic E-state index is -5.08. The van der Waals surface area contributed by atoms with Gasteiger partial charge in [-0.15, -0.1) is 11.3 Å². The van der Waals surface area contributed by atoms with Crippen molar-refractivity contribution in [1.29, 1.82) is 0 Å². The van der Waals surface area contributed by atoms with Gasteiger partial charge in [0.1, 0.15) is 6.61 Å². The summed E-state index contributed by atoms with van der Waals surface area (Å²) in [6, 6.07) is 0.0568. The summed E-state index contributed by atoms with van der Waals surface area (Å²) in [5.74, 6) is -2.69. The Balaban J connectivity index is 0.000000406. The zero-order chi connectivity index (χ0) is 25.1. The maximum Gasteiger partial charge on any atom is 0.490 e. The van der Waals surface area contributed by atoms with Crippen LogP contribution >= 0.6 is 11.3 Å². The number of aliphatic carboxylic acids is 1. The van der Waals surface area contributed by atoms with E-state index in [2.05, 4.69) is 28.1 Å². The molecule has 1 N–H and O–H groups in total. The van der Waals surface area contributed by atoms with Gasteiger partial charge in [-0.1, -0.05) is 0 Å². The molecule has 0 bridgehead atoms. The molecule has 2 aromatic rings. The average molecular weight is 504 g/mol. The number of carbonyl (C=O) groups excluding carboxylic acids is 1. The molecule has 0 saturated carbocycles. The molecule has 1 unspecified atom stereocenters. The summed E-state index contributed by atoms with van der Waals surface area (Å²) in [5, 5.41) is 14.5. The number of rotatable bonds is 4. The highest BCUT2D eigenvalue weighted by Gasteiger charge is 2.48. The third kappa shape index (κ3) is 6.33. The van der Waals surface area contributed by atoms with Crippen molar-refractivity contribution in [2.75, 3.05) is 19.7 Å². The smallest absolute Gasteiger partial charge is 0.475 e. The van der Waals surface area contributed by atoms with Gasteiger partial charge >= 0.3 is 12.1 Å². The van der Waals surface area contributed by atoms with Crippen LogP contribution < -0.4 is 0 Å². The molecule has 1 atom stereocenters. The number of amides is 1. The summed E-state index contributed by atoms with van der Waals surface area (Å²) in [6.07, 6.45) is 0.795. The number of nitrogens with zero attached hydrogens (tertiary/aromatic N) is 5. The normalized spacial score (nSPS) is 20.8. The van der Waals surface area contributed by atoms with Crippen LogP contribution in [0.5, 0.6) is 0 Å². The van der Waals surface area contributed by atoms with Crippen molar-refractivity contribution in [3.63, 3.8) is 0 Å².